The Morgan fingerprint density at radius 3 is 1.27 bits per heavy atom. The number of pyridine rings is 2. The van der Waals surface area contributed by atoms with Gasteiger partial charge in [-0.15, -0.1) is 0 Å². The Morgan fingerprint density at radius 2 is 0.850 bits per heavy atom. The van der Waals surface area contributed by atoms with Crippen LogP contribution in [0.1, 0.15) is 127 Å². The van der Waals surface area contributed by atoms with Gasteiger partial charge < -0.3 is 48.3 Å². The van der Waals surface area contributed by atoms with Crippen molar-refractivity contribution in [1.82, 2.24) is 9.97 Å². The number of hydrogen-bond acceptors (Lipinski definition) is 22. The monoisotopic (exact) mass is 1630 g/mol. The third-order valence-electron chi connectivity index (χ3n) is 18.7. The first-order valence-corrected chi connectivity index (χ1v) is 39.0. The molecule has 2 aliphatic rings. The maximum atomic E-state index is 14.8. The molecule has 32 heteroatoms. The van der Waals surface area contributed by atoms with Crippen LogP contribution in [0.15, 0.2) is 223 Å². The van der Waals surface area contributed by atoms with Crippen LogP contribution in [0.5, 0.6) is 23.0 Å². The van der Waals surface area contributed by atoms with Crippen LogP contribution in [0.3, 0.4) is 0 Å². The number of rotatable bonds is 18. The van der Waals surface area contributed by atoms with Crippen molar-refractivity contribution in [2.75, 3.05) is 10.6 Å². The Labute approximate surface area is 738 Å². The smallest absolute Gasteiger partial charge is 0.744 e. The van der Waals surface area contributed by atoms with Crippen molar-refractivity contribution in [3.63, 3.8) is 0 Å². The number of H-pyrrole nitrogens is 2. The van der Waals surface area contributed by atoms with Crippen LogP contribution >= 0.6 is 0 Å². The molecule has 0 spiro atoms. The summed E-state index contributed by atoms with van der Waals surface area (Å²) in [7, 11) is -19.7. The molecule has 0 radical (unpaired) electrons. The summed E-state index contributed by atoms with van der Waals surface area (Å²) < 4.78 is 158. The van der Waals surface area contributed by atoms with Crippen molar-refractivity contribution in [3.05, 3.63) is 282 Å². The van der Waals surface area contributed by atoms with Gasteiger partial charge in [0.05, 0.1) is 64.2 Å². The van der Waals surface area contributed by atoms with Gasteiger partial charge in [-0.1, -0.05) is 156 Å². The van der Waals surface area contributed by atoms with Crippen LogP contribution in [0, 0.1) is 26.2 Å². The molecule has 0 bridgehead atoms. The van der Waals surface area contributed by atoms with E-state index in [4.69, 9.17) is 9.47 Å². The van der Waals surface area contributed by atoms with Crippen LogP contribution in [0.4, 0.5) is 22.7 Å². The summed E-state index contributed by atoms with van der Waals surface area (Å²) in [5.74, 6) is -2.79. The maximum absolute atomic E-state index is 14.8. The molecule has 10 aromatic carbocycles. The number of hydrogen-bond donors (Lipinski definition) is 4. The summed E-state index contributed by atoms with van der Waals surface area (Å²) >= 11 is 0. The van der Waals surface area contributed by atoms with E-state index in [1.807, 2.05) is 34.6 Å². The molecule has 2 aromatic heterocycles. The third-order valence-corrected chi connectivity index (χ3v) is 22.4. The molecule has 4 N–H and O–H groups in total. The van der Waals surface area contributed by atoms with Crippen LogP contribution in [-0.4, -0.2) is 85.0 Å². The maximum Gasteiger partial charge on any atom is 1.00 e. The number of anilines is 4. The van der Waals surface area contributed by atoms with Crippen molar-refractivity contribution in [1.29, 1.82) is 0 Å². The fraction of sp³-hybridized carbons (Fsp3) is 0.136. The van der Waals surface area contributed by atoms with Crippen LogP contribution in [-0.2, 0) is 45.9 Å². The molecule has 554 valence electrons. The van der Waals surface area contributed by atoms with Gasteiger partial charge in [0, 0.05) is 67.7 Å². The van der Waals surface area contributed by atoms with E-state index in [-0.39, 0.29) is 264 Å². The number of aromatic nitrogens is 2. The van der Waals surface area contributed by atoms with E-state index in [0.717, 1.165) is 24.3 Å². The molecule has 113 heavy (non-hydrogen) atoms. The van der Waals surface area contributed by atoms with Crippen molar-refractivity contribution in [2.24, 2.45) is 5.41 Å². The fourth-order valence-corrected chi connectivity index (χ4v) is 17.0. The van der Waals surface area contributed by atoms with Crippen LogP contribution < -0.4 is 149 Å². The molecule has 2 heterocycles. The first-order valence-electron chi connectivity index (χ1n) is 33.4. The standard InChI is InChI=1S/C46H44N2O10S2.C35H22N2O10S2.4Na/c1-24-20-25(2)43(60(55,56)57)26(3)39(24)47-31-22-33(58-32-19-18-28(21-34(32)59(52,53)54)46(7,8)23-45(4,5)6)40-37-35(29-16-12-13-17-30(29)42(50)36(31)37)38(44(51)48-40)41(49)27-14-10-9-11-15-27;38-33(19-6-2-1-3-7-19)31-28-24-8-4-5-9-25(24)34(39)29-26(36-20-10-14-22(15-11-20)48(41,42)43)18-27(32(30(28)29)37-35(31)40)47-21-12-16-23(17-13-21)49(44,45)46;;;;/h9-22,47H,23H2,1-8H3,(H,48,51)(H,52,53,54)(H,55,56,57);1-18,36H,(H,37,40)(H,41,42,43)(H,44,45,46);;;;/q;;4*+1/p-4. The minimum Gasteiger partial charge on any atom is -0.744 e. The molecule has 0 saturated heterocycles. The van der Waals surface area contributed by atoms with Gasteiger partial charge in [-0.3, -0.25) is 28.8 Å². The zero-order chi connectivity index (χ0) is 78.5. The number of fused-ring (bicyclic) bond motifs is 4. The van der Waals surface area contributed by atoms with E-state index in [0.29, 0.717) is 23.1 Å². The largest absolute Gasteiger partial charge is 1.00 e. The zero-order valence-corrected chi connectivity index (χ0v) is 74.2. The van der Waals surface area contributed by atoms with Crippen LogP contribution in [0.25, 0.3) is 44.1 Å². The molecule has 14 rings (SSSR count). The second kappa shape index (κ2) is 33.8. The van der Waals surface area contributed by atoms with Crippen molar-refractivity contribution >= 4 is 108 Å². The topological polar surface area (TPSA) is 405 Å². The van der Waals surface area contributed by atoms with Gasteiger partial charge in [0.1, 0.15) is 52.0 Å². The van der Waals surface area contributed by atoms with E-state index >= 15 is 0 Å². The summed E-state index contributed by atoms with van der Waals surface area (Å²) in [6.07, 6.45) is 0.635. The molecule has 0 fully saturated rings. The number of ether oxygens (including phenoxy) is 2. The summed E-state index contributed by atoms with van der Waals surface area (Å²) in [4.78, 5) is 88.9. The zero-order valence-electron chi connectivity index (χ0n) is 63.0. The van der Waals surface area contributed by atoms with E-state index in [2.05, 4.69) is 20.6 Å². The minimum absolute atomic E-state index is 0. The van der Waals surface area contributed by atoms with Crippen molar-refractivity contribution < 1.29 is 199 Å². The number of nitrogens with one attached hydrogen (secondary N) is 4. The molecular weight excluding hydrogens is 1570 g/mol. The van der Waals surface area contributed by atoms with Gasteiger partial charge in [0.25, 0.3) is 11.1 Å². The predicted octanol–water partition coefficient (Wildman–Crippen LogP) is 2.28. The summed E-state index contributed by atoms with van der Waals surface area (Å²) in [5.41, 5.74) is 0.712. The normalized spacial score (nSPS) is 12.3. The number of ketones is 4. The average Bonchev–Trinajstić information content (AvgIpc) is 0.710. The van der Waals surface area contributed by atoms with E-state index in [1.165, 1.54) is 68.4 Å². The summed E-state index contributed by atoms with van der Waals surface area (Å²) in [5, 5.41) is 6.47. The van der Waals surface area contributed by atoms with Crippen molar-refractivity contribution in [3.8, 4) is 45.3 Å². The minimum atomic E-state index is -5.19. The first kappa shape index (κ1) is 89.1. The summed E-state index contributed by atoms with van der Waals surface area (Å²) in [6, 6.07) is 47.1. The van der Waals surface area contributed by atoms with Gasteiger partial charge in [-0.2, -0.15) is 0 Å². The summed E-state index contributed by atoms with van der Waals surface area (Å²) in [6.45, 7) is 14.6. The van der Waals surface area contributed by atoms with Crippen LogP contribution in [0.2, 0.25) is 0 Å². The van der Waals surface area contributed by atoms with E-state index in [9.17, 15) is 80.6 Å². The van der Waals surface area contributed by atoms with Gasteiger partial charge >= 0.3 is 118 Å². The Hall–Kier alpha value is -7.86. The molecule has 0 atom stereocenters. The molecule has 12 aromatic rings. The van der Waals surface area contributed by atoms with Gasteiger partial charge in [-0.25, -0.2) is 33.7 Å². The number of carbonyl (C=O) groups excluding carboxylic acids is 4. The first-order chi connectivity index (χ1) is 51.2. The average molecular weight is 1630 g/mol. The Bertz CT molecular complexity index is 6560. The predicted molar refractivity (Wildman–Crippen MR) is 402 cm³/mol. The third kappa shape index (κ3) is 17.8. The fourth-order valence-electron chi connectivity index (χ4n) is 14.5. The Balaban J connectivity index is 0.000000255. The number of aromatic amines is 2. The number of carbonyl (C=O) groups is 4. The van der Waals surface area contributed by atoms with E-state index < -0.39 is 99.7 Å². The van der Waals surface area contributed by atoms with Gasteiger partial charge in [0.2, 0.25) is 0 Å². The molecular formula is C81H62N4Na4O20S4. The molecule has 0 unspecified atom stereocenters. The SMILES string of the molecule is Cc1cc(C)c(S(=O)(=O)[O-])c(C)c1Nc1cc(Oc2ccc(C(C)(C)CC(C)(C)C)cc2S(=O)(=O)[O-])c2[nH]c(=O)c(C(=O)c3ccccc3)c3c2c1C(=O)c1ccccc1-3.O=C(c1ccccc1)c1c2c3c(c(Nc4ccc(S(=O)(=O)[O-])cc4)cc(Oc4ccc(S(=O)(=O)[O-])cc4)c3[nH]c1=O)C(=O)c1ccccc1-2.[Na+].[Na+].[Na+].[Na+]. The van der Waals surface area contributed by atoms with Crippen molar-refractivity contribution in [2.45, 2.75) is 86.8 Å². The Kier molecular flexibility index (Phi) is 26.6. The number of benzene rings is 10. The second-order valence-corrected chi connectivity index (χ2v) is 33.5. The Morgan fingerprint density at radius 1 is 0.434 bits per heavy atom. The number of aryl methyl sites for hydroxylation is 2. The molecule has 2 aliphatic carbocycles. The molecule has 0 amide bonds. The second-order valence-electron chi connectivity index (χ2n) is 28.0. The molecule has 0 aliphatic heterocycles. The van der Waals surface area contributed by atoms with Gasteiger partial charge in [-0.05, 0) is 132 Å². The molecule has 24 nitrogen and oxygen atoms in total. The molecule has 0 saturated carbocycles. The van der Waals surface area contributed by atoms with E-state index in [1.54, 1.807) is 122 Å². The van der Waals surface area contributed by atoms with Gasteiger partial charge in [0.15, 0.2) is 34.6 Å². The quantitative estimate of drug-likeness (QED) is 0.0544.